The van der Waals surface area contributed by atoms with E-state index in [1.54, 1.807) is 43.3 Å². The van der Waals surface area contributed by atoms with E-state index in [4.69, 9.17) is 4.74 Å². The van der Waals surface area contributed by atoms with Gasteiger partial charge in [0.05, 0.1) is 28.3 Å². The fourth-order valence-corrected chi connectivity index (χ4v) is 4.16. The number of carbonyl (C=O) groups excluding carboxylic acids is 5. The average molecular weight is 451 g/mol. The van der Waals surface area contributed by atoms with Crippen molar-refractivity contribution in [3.63, 3.8) is 0 Å². The Morgan fingerprint density at radius 2 is 1.78 bits per heavy atom. The van der Waals surface area contributed by atoms with Crippen molar-refractivity contribution in [3.05, 3.63) is 64.6 Å². The monoisotopic (exact) mass is 451 g/mol. The maximum atomic E-state index is 13.1. The first-order valence-corrected chi connectivity index (χ1v) is 10.5. The minimum absolute atomic E-state index is 0.0184. The summed E-state index contributed by atoms with van der Waals surface area (Å²) in [6, 6.07) is 12.9. The van der Waals surface area contributed by atoms with Crippen LogP contribution in [-0.4, -0.2) is 42.1 Å². The van der Waals surface area contributed by atoms with Crippen molar-refractivity contribution >= 4 is 57.6 Å². The molecule has 2 aliphatic heterocycles. The lowest BCUT2D eigenvalue weighted by Gasteiger charge is -2.16. The first-order chi connectivity index (χ1) is 15.4. The first-order valence-electron chi connectivity index (χ1n) is 9.64. The van der Waals surface area contributed by atoms with Crippen LogP contribution < -0.4 is 15.5 Å². The van der Waals surface area contributed by atoms with Gasteiger partial charge in [-0.1, -0.05) is 18.2 Å². The number of hydrogen-bond donors (Lipinski definition) is 2. The van der Waals surface area contributed by atoms with E-state index in [1.807, 2.05) is 0 Å². The highest BCUT2D eigenvalue weighted by Crippen LogP contribution is 2.42. The highest BCUT2D eigenvalue weighted by Gasteiger charge is 2.40. The number of benzene rings is 2. The zero-order chi connectivity index (χ0) is 22.8. The third-order valence-corrected chi connectivity index (χ3v) is 5.63. The molecule has 0 aromatic heterocycles. The molecule has 0 spiro atoms. The van der Waals surface area contributed by atoms with Gasteiger partial charge in [-0.2, -0.15) is 0 Å². The molecule has 0 radical (unpaired) electrons. The topological polar surface area (TPSA) is 122 Å². The van der Waals surface area contributed by atoms with E-state index in [-0.39, 0.29) is 23.6 Å². The van der Waals surface area contributed by atoms with Crippen LogP contribution in [0.5, 0.6) is 0 Å². The van der Waals surface area contributed by atoms with Gasteiger partial charge < -0.3 is 10.1 Å². The Labute approximate surface area is 186 Å². The summed E-state index contributed by atoms with van der Waals surface area (Å²) in [7, 11) is 0. The van der Waals surface area contributed by atoms with Gasteiger partial charge >= 0.3 is 5.97 Å². The second kappa shape index (κ2) is 8.67. The van der Waals surface area contributed by atoms with Gasteiger partial charge in [-0.3, -0.25) is 29.4 Å². The van der Waals surface area contributed by atoms with Crippen molar-refractivity contribution < 1.29 is 28.7 Å². The van der Waals surface area contributed by atoms with Gasteiger partial charge in [0.1, 0.15) is 6.54 Å². The minimum atomic E-state index is -0.633. The molecule has 2 N–H and O–H groups in total. The largest absolute Gasteiger partial charge is 0.462 e. The van der Waals surface area contributed by atoms with Crippen molar-refractivity contribution in [2.24, 2.45) is 0 Å². The molecule has 9 nitrogen and oxygen atoms in total. The lowest BCUT2D eigenvalue weighted by molar-refractivity contribution is -0.118. The van der Waals surface area contributed by atoms with E-state index < -0.39 is 28.9 Å². The number of nitrogens with one attached hydrogen (secondary N) is 2. The van der Waals surface area contributed by atoms with Gasteiger partial charge in [0, 0.05) is 11.3 Å². The Kier molecular flexibility index (Phi) is 5.78. The van der Waals surface area contributed by atoms with Crippen molar-refractivity contribution in [2.45, 2.75) is 6.92 Å². The third kappa shape index (κ3) is 4.00. The van der Waals surface area contributed by atoms with E-state index in [9.17, 15) is 24.0 Å². The van der Waals surface area contributed by atoms with Crippen LogP contribution in [0.3, 0.4) is 0 Å². The average Bonchev–Trinajstić information content (AvgIpc) is 3.24. The fourth-order valence-electron chi connectivity index (χ4n) is 3.38. The lowest BCUT2D eigenvalue weighted by atomic mass is 10.1. The van der Waals surface area contributed by atoms with E-state index in [0.29, 0.717) is 34.3 Å². The summed E-state index contributed by atoms with van der Waals surface area (Å²) >= 11 is 0.663. The number of rotatable bonds is 5. The van der Waals surface area contributed by atoms with E-state index in [1.165, 1.54) is 17.0 Å². The summed E-state index contributed by atoms with van der Waals surface area (Å²) in [6.07, 6.45) is 0. The van der Waals surface area contributed by atoms with Gasteiger partial charge in [-0.05, 0) is 49.0 Å². The van der Waals surface area contributed by atoms with Crippen LogP contribution in [0.1, 0.15) is 22.8 Å². The number of imide groups is 1. The second-order valence-corrected chi connectivity index (χ2v) is 7.79. The maximum absolute atomic E-state index is 13.1. The number of anilines is 2. The van der Waals surface area contributed by atoms with Gasteiger partial charge in [-0.15, -0.1) is 0 Å². The summed E-state index contributed by atoms with van der Waals surface area (Å²) < 4.78 is 4.92. The van der Waals surface area contributed by atoms with E-state index in [0.717, 1.165) is 0 Å². The molecule has 2 aromatic rings. The van der Waals surface area contributed by atoms with E-state index in [2.05, 4.69) is 10.6 Å². The number of amides is 4. The van der Waals surface area contributed by atoms with Gasteiger partial charge in [0.2, 0.25) is 5.91 Å². The number of carbonyl (C=O) groups is 5. The first kappa shape index (κ1) is 21.3. The molecule has 162 valence electrons. The minimum Gasteiger partial charge on any atom is -0.462 e. The highest BCUT2D eigenvalue weighted by atomic mass is 32.2. The molecular weight excluding hydrogens is 434 g/mol. The summed E-state index contributed by atoms with van der Waals surface area (Å²) in [6.45, 7) is 1.67. The van der Waals surface area contributed by atoms with Crippen LogP contribution in [0.4, 0.5) is 16.2 Å². The molecule has 0 unspecified atom stereocenters. The van der Waals surface area contributed by atoms with Gasteiger partial charge in [0.15, 0.2) is 0 Å². The summed E-state index contributed by atoms with van der Waals surface area (Å²) in [5.41, 5.74) is 1.85. The van der Waals surface area contributed by atoms with Crippen molar-refractivity contribution in [3.8, 4) is 0 Å². The maximum Gasteiger partial charge on any atom is 0.338 e. The van der Waals surface area contributed by atoms with Crippen molar-refractivity contribution in [1.29, 1.82) is 0 Å². The Morgan fingerprint density at radius 1 is 1.06 bits per heavy atom. The molecule has 0 atom stereocenters. The third-order valence-electron chi connectivity index (χ3n) is 4.75. The number of ether oxygens (including phenoxy) is 1. The molecule has 4 amide bonds. The quantitative estimate of drug-likeness (QED) is 0.529. The van der Waals surface area contributed by atoms with Crippen LogP contribution in [0, 0.1) is 0 Å². The SMILES string of the molecule is CCOC(=O)c1ccc(NC(=O)CN2C(=O)/C(=C3/SC(=O)NC3=O)c3ccccc32)cc1. The molecule has 1 fully saturated rings. The fraction of sp³-hybridized carbons (Fsp3) is 0.136. The van der Waals surface area contributed by atoms with E-state index >= 15 is 0 Å². The smallest absolute Gasteiger partial charge is 0.338 e. The molecule has 0 bridgehead atoms. The molecule has 4 rings (SSSR count). The molecule has 2 aromatic carbocycles. The Balaban J connectivity index is 1.53. The molecule has 0 aliphatic carbocycles. The van der Waals surface area contributed by atoms with Crippen molar-refractivity contribution in [2.75, 3.05) is 23.4 Å². The number of thioether (sulfide) groups is 1. The Morgan fingerprint density at radius 3 is 2.44 bits per heavy atom. The molecule has 2 heterocycles. The molecule has 1 saturated heterocycles. The second-order valence-electron chi connectivity index (χ2n) is 6.80. The van der Waals surface area contributed by atoms with Crippen LogP contribution >= 0.6 is 11.8 Å². The summed E-state index contributed by atoms with van der Waals surface area (Å²) in [5.74, 6) is -2.10. The molecule has 32 heavy (non-hydrogen) atoms. The number of para-hydroxylation sites is 1. The van der Waals surface area contributed by atoms with Crippen LogP contribution in [0.15, 0.2) is 53.4 Å². The predicted octanol–water partition coefficient (Wildman–Crippen LogP) is 2.54. The predicted molar refractivity (Wildman–Crippen MR) is 118 cm³/mol. The van der Waals surface area contributed by atoms with Crippen LogP contribution in [0.25, 0.3) is 5.57 Å². The molecule has 10 heteroatoms. The summed E-state index contributed by atoms with van der Waals surface area (Å²) in [5, 5.41) is 4.28. The standard InChI is InChI=1S/C22H17N3O6S/c1-2-31-21(29)12-7-9-13(10-8-12)23-16(26)11-25-15-6-4-3-5-14(15)17(20(25)28)18-19(27)24-22(30)32-18/h3-10H,2,11H2,1H3,(H,23,26)(H,24,27,30)/b18-17+. The number of hydrogen-bond acceptors (Lipinski definition) is 7. The summed E-state index contributed by atoms with van der Waals surface area (Å²) in [4.78, 5) is 62.5. The van der Waals surface area contributed by atoms with Crippen LogP contribution in [-0.2, 0) is 19.1 Å². The number of esters is 1. The zero-order valence-corrected chi connectivity index (χ0v) is 17.7. The van der Waals surface area contributed by atoms with Gasteiger partial charge in [0.25, 0.3) is 17.1 Å². The molecule has 2 aliphatic rings. The van der Waals surface area contributed by atoms with Gasteiger partial charge in [-0.25, -0.2) is 4.79 Å². The molecule has 0 saturated carbocycles. The molecular formula is C22H17N3O6S. The lowest BCUT2D eigenvalue weighted by Crippen LogP contribution is -2.35. The zero-order valence-electron chi connectivity index (χ0n) is 16.8. The normalized spacial score (nSPS) is 17.3. The Bertz CT molecular complexity index is 1190. The highest BCUT2D eigenvalue weighted by molar-refractivity contribution is 8.18. The van der Waals surface area contributed by atoms with Crippen LogP contribution in [0.2, 0.25) is 0 Å². The van der Waals surface area contributed by atoms with Crippen molar-refractivity contribution in [1.82, 2.24) is 5.32 Å². The number of nitrogens with zero attached hydrogens (tertiary/aromatic N) is 1. The number of fused-ring (bicyclic) bond motifs is 1. The Hall–Kier alpha value is -3.92.